The van der Waals surface area contributed by atoms with E-state index in [9.17, 15) is 0 Å². The lowest BCUT2D eigenvalue weighted by Gasteiger charge is -2.23. The molecule has 0 unspecified atom stereocenters. The van der Waals surface area contributed by atoms with Crippen molar-refractivity contribution in [2.45, 2.75) is 27.3 Å². The molecule has 3 nitrogen and oxygen atoms in total. The highest BCUT2D eigenvalue weighted by atomic mass is 15.1. The lowest BCUT2D eigenvalue weighted by Crippen LogP contribution is -2.22. The standard InChI is InChI=1S/C17H23N3/c1-4-18-17-11-8-15(12-19-17)13-20(5-2)16-9-6-14(3)7-10-16/h6-12H,4-5,13H2,1-3H3,(H,18,19). The van der Waals surface area contributed by atoms with Crippen LogP contribution in [-0.2, 0) is 6.54 Å². The first kappa shape index (κ1) is 14.4. The van der Waals surface area contributed by atoms with Gasteiger partial charge in [-0.05, 0) is 44.5 Å². The molecule has 0 bridgehead atoms. The molecule has 2 rings (SSSR count). The molecule has 1 N–H and O–H groups in total. The maximum absolute atomic E-state index is 4.43. The van der Waals surface area contributed by atoms with Gasteiger partial charge in [-0.2, -0.15) is 0 Å². The van der Waals surface area contributed by atoms with Crippen LogP contribution in [0.15, 0.2) is 42.6 Å². The molecule has 0 aliphatic carbocycles. The van der Waals surface area contributed by atoms with E-state index in [1.807, 2.05) is 12.3 Å². The highest BCUT2D eigenvalue weighted by molar-refractivity contribution is 5.48. The highest BCUT2D eigenvalue weighted by Crippen LogP contribution is 2.18. The molecule has 0 aliphatic heterocycles. The van der Waals surface area contributed by atoms with E-state index in [-0.39, 0.29) is 0 Å². The van der Waals surface area contributed by atoms with Crippen molar-refractivity contribution in [2.24, 2.45) is 0 Å². The molecule has 0 fully saturated rings. The molecule has 106 valence electrons. The Bertz CT molecular complexity index is 517. The number of nitrogens with zero attached hydrogens (tertiary/aromatic N) is 2. The second-order valence-corrected chi connectivity index (χ2v) is 4.93. The fourth-order valence-corrected chi connectivity index (χ4v) is 2.17. The van der Waals surface area contributed by atoms with Gasteiger partial charge in [0.15, 0.2) is 0 Å². The maximum Gasteiger partial charge on any atom is 0.125 e. The second kappa shape index (κ2) is 6.94. The molecule has 1 heterocycles. The van der Waals surface area contributed by atoms with Crippen LogP contribution in [0.2, 0.25) is 0 Å². The molecule has 0 atom stereocenters. The van der Waals surface area contributed by atoms with Crippen LogP contribution in [0.3, 0.4) is 0 Å². The highest BCUT2D eigenvalue weighted by Gasteiger charge is 2.05. The summed E-state index contributed by atoms with van der Waals surface area (Å²) in [6.45, 7) is 9.14. The summed E-state index contributed by atoms with van der Waals surface area (Å²) >= 11 is 0. The Morgan fingerprint density at radius 1 is 1.05 bits per heavy atom. The van der Waals surface area contributed by atoms with Crippen LogP contribution < -0.4 is 10.2 Å². The zero-order valence-corrected chi connectivity index (χ0v) is 12.6. The Hall–Kier alpha value is -2.03. The third-order valence-electron chi connectivity index (χ3n) is 3.34. The van der Waals surface area contributed by atoms with Crippen LogP contribution in [0.5, 0.6) is 0 Å². The van der Waals surface area contributed by atoms with Crippen LogP contribution in [0, 0.1) is 6.92 Å². The fourth-order valence-electron chi connectivity index (χ4n) is 2.17. The van der Waals surface area contributed by atoms with Gasteiger partial charge in [0.05, 0.1) is 0 Å². The molecule has 0 aliphatic rings. The summed E-state index contributed by atoms with van der Waals surface area (Å²) < 4.78 is 0. The number of rotatable bonds is 6. The average Bonchev–Trinajstić information content (AvgIpc) is 2.48. The number of aromatic nitrogens is 1. The third kappa shape index (κ3) is 3.73. The smallest absolute Gasteiger partial charge is 0.125 e. The molecule has 0 spiro atoms. The van der Waals surface area contributed by atoms with Crippen LogP contribution in [0.1, 0.15) is 25.0 Å². The third-order valence-corrected chi connectivity index (χ3v) is 3.34. The maximum atomic E-state index is 4.43. The summed E-state index contributed by atoms with van der Waals surface area (Å²) in [6.07, 6.45) is 1.95. The van der Waals surface area contributed by atoms with Crippen LogP contribution >= 0.6 is 0 Å². The van der Waals surface area contributed by atoms with E-state index in [4.69, 9.17) is 0 Å². The quantitative estimate of drug-likeness (QED) is 0.863. The minimum absolute atomic E-state index is 0.888. The van der Waals surface area contributed by atoms with Crippen molar-refractivity contribution >= 4 is 11.5 Å². The molecule has 0 saturated carbocycles. The molecular weight excluding hydrogens is 246 g/mol. The number of benzene rings is 1. The number of aryl methyl sites for hydroxylation is 1. The van der Waals surface area contributed by atoms with Gasteiger partial charge in [0.2, 0.25) is 0 Å². The normalized spacial score (nSPS) is 10.3. The molecular formula is C17H23N3. The van der Waals surface area contributed by atoms with Crippen molar-refractivity contribution in [1.29, 1.82) is 0 Å². The largest absolute Gasteiger partial charge is 0.370 e. The number of pyridine rings is 1. The number of anilines is 2. The minimum atomic E-state index is 0.888. The molecule has 2 aromatic rings. The van der Waals surface area contributed by atoms with Crippen molar-refractivity contribution in [3.63, 3.8) is 0 Å². The summed E-state index contributed by atoms with van der Waals surface area (Å²) in [5.41, 5.74) is 3.78. The molecule has 1 aromatic carbocycles. The number of nitrogens with one attached hydrogen (secondary N) is 1. The summed E-state index contributed by atoms with van der Waals surface area (Å²) in [5.74, 6) is 0.939. The Morgan fingerprint density at radius 3 is 2.35 bits per heavy atom. The van der Waals surface area contributed by atoms with E-state index in [1.54, 1.807) is 0 Å². The van der Waals surface area contributed by atoms with Gasteiger partial charge in [-0.1, -0.05) is 23.8 Å². The van der Waals surface area contributed by atoms with Gasteiger partial charge in [0.1, 0.15) is 5.82 Å². The second-order valence-electron chi connectivity index (χ2n) is 4.93. The number of hydrogen-bond acceptors (Lipinski definition) is 3. The lowest BCUT2D eigenvalue weighted by molar-refractivity contribution is 0.828. The van der Waals surface area contributed by atoms with Crippen molar-refractivity contribution in [3.05, 3.63) is 53.7 Å². The molecule has 0 saturated heterocycles. The van der Waals surface area contributed by atoms with Crippen molar-refractivity contribution < 1.29 is 0 Å². The van der Waals surface area contributed by atoms with Gasteiger partial charge >= 0.3 is 0 Å². The topological polar surface area (TPSA) is 28.2 Å². The predicted molar refractivity (Wildman–Crippen MR) is 86.3 cm³/mol. The molecule has 0 radical (unpaired) electrons. The monoisotopic (exact) mass is 269 g/mol. The van der Waals surface area contributed by atoms with Gasteiger partial charge in [-0.15, -0.1) is 0 Å². The summed E-state index contributed by atoms with van der Waals surface area (Å²) in [5, 5.41) is 3.22. The zero-order valence-electron chi connectivity index (χ0n) is 12.6. The Morgan fingerprint density at radius 2 is 1.80 bits per heavy atom. The summed E-state index contributed by atoms with van der Waals surface area (Å²) in [6, 6.07) is 12.9. The van der Waals surface area contributed by atoms with E-state index in [1.165, 1.54) is 16.8 Å². The van der Waals surface area contributed by atoms with Crippen LogP contribution in [-0.4, -0.2) is 18.1 Å². The van der Waals surface area contributed by atoms with Gasteiger partial charge < -0.3 is 10.2 Å². The van der Waals surface area contributed by atoms with E-state index < -0.39 is 0 Å². The lowest BCUT2D eigenvalue weighted by atomic mass is 10.2. The molecule has 3 heteroatoms. The molecule has 0 amide bonds. The minimum Gasteiger partial charge on any atom is -0.370 e. The van der Waals surface area contributed by atoms with Crippen molar-refractivity contribution in [1.82, 2.24) is 4.98 Å². The van der Waals surface area contributed by atoms with Gasteiger partial charge in [0, 0.05) is 31.5 Å². The molecule has 1 aromatic heterocycles. The average molecular weight is 269 g/mol. The predicted octanol–water partition coefficient (Wildman–Crippen LogP) is 3.85. The van der Waals surface area contributed by atoms with Gasteiger partial charge in [0.25, 0.3) is 0 Å². The van der Waals surface area contributed by atoms with Crippen molar-refractivity contribution in [3.8, 4) is 0 Å². The van der Waals surface area contributed by atoms with E-state index in [0.29, 0.717) is 0 Å². The molecule has 20 heavy (non-hydrogen) atoms. The zero-order chi connectivity index (χ0) is 14.4. The SMILES string of the molecule is CCNc1ccc(CN(CC)c2ccc(C)cc2)cn1. The first-order valence-corrected chi connectivity index (χ1v) is 7.23. The number of hydrogen-bond donors (Lipinski definition) is 1. The van der Waals surface area contributed by atoms with Crippen LogP contribution in [0.25, 0.3) is 0 Å². The Labute approximate surface area is 121 Å². The summed E-state index contributed by atoms with van der Waals surface area (Å²) in [4.78, 5) is 6.78. The van der Waals surface area contributed by atoms with E-state index >= 15 is 0 Å². The van der Waals surface area contributed by atoms with Gasteiger partial charge in [-0.3, -0.25) is 0 Å². The van der Waals surface area contributed by atoms with E-state index in [0.717, 1.165) is 25.5 Å². The van der Waals surface area contributed by atoms with E-state index in [2.05, 4.69) is 66.3 Å². The van der Waals surface area contributed by atoms with Crippen molar-refractivity contribution in [2.75, 3.05) is 23.3 Å². The van der Waals surface area contributed by atoms with Gasteiger partial charge in [-0.25, -0.2) is 4.98 Å². The van der Waals surface area contributed by atoms with Crippen LogP contribution in [0.4, 0.5) is 11.5 Å². The Kier molecular flexibility index (Phi) is 4.99. The summed E-state index contributed by atoms with van der Waals surface area (Å²) in [7, 11) is 0. The fraction of sp³-hybridized carbons (Fsp3) is 0.353. The first-order chi connectivity index (χ1) is 9.72. The Balaban J connectivity index is 2.07. The first-order valence-electron chi connectivity index (χ1n) is 7.23.